The number of rotatable bonds is 3. The number of quaternary nitrogens is 1. The zero-order valence-corrected chi connectivity index (χ0v) is 14.0. The lowest BCUT2D eigenvalue weighted by Gasteiger charge is -2.38. The fourth-order valence-electron chi connectivity index (χ4n) is 4.44. The van der Waals surface area contributed by atoms with Crippen LogP contribution in [0.2, 0.25) is 0 Å². The molecule has 3 atom stereocenters. The molecule has 2 N–H and O–H groups in total. The number of amides is 1. The van der Waals surface area contributed by atoms with Gasteiger partial charge >= 0.3 is 0 Å². The van der Waals surface area contributed by atoms with Gasteiger partial charge in [-0.15, -0.1) is 0 Å². The van der Waals surface area contributed by atoms with Gasteiger partial charge in [0.2, 0.25) is 0 Å². The minimum absolute atomic E-state index is 0.161. The number of likely N-dealkylation sites (tertiary alicyclic amines) is 1. The topological polar surface area (TPSA) is 33.5 Å². The van der Waals surface area contributed by atoms with Crippen LogP contribution in [0, 0.1) is 25.7 Å². The number of nitrogens with one attached hydrogen (secondary N) is 2. The van der Waals surface area contributed by atoms with Gasteiger partial charge in [0.15, 0.2) is 6.54 Å². The summed E-state index contributed by atoms with van der Waals surface area (Å²) in [4.78, 5) is 13.8. The molecule has 1 aliphatic heterocycles. The first kappa shape index (κ1) is 15.5. The molecular weight excluding hydrogens is 272 g/mol. The van der Waals surface area contributed by atoms with Gasteiger partial charge in [0.25, 0.3) is 5.91 Å². The van der Waals surface area contributed by atoms with Crippen LogP contribution in [0.15, 0.2) is 18.2 Å². The Kier molecular flexibility index (Phi) is 4.82. The van der Waals surface area contributed by atoms with E-state index in [9.17, 15) is 4.79 Å². The molecule has 1 amide bonds. The van der Waals surface area contributed by atoms with E-state index in [1.54, 1.807) is 0 Å². The predicted molar refractivity (Wildman–Crippen MR) is 90.2 cm³/mol. The van der Waals surface area contributed by atoms with Gasteiger partial charge in [0, 0.05) is 11.6 Å². The van der Waals surface area contributed by atoms with E-state index in [-0.39, 0.29) is 5.91 Å². The average molecular weight is 301 g/mol. The molecule has 1 saturated carbocycles. The van der Waals surface area contributed by atoms with Gasteiger partial charge in [-0.1, -0.05) is 18.9 Å². The molecule has 1 aromatic carbocycles. The Morgan fingerprint density at radius 2 is 1.77 bits per heavy atom. The first-order chi connectivity index (χ1) is 10.6. The van der Waals surface area contributed by atoms with Crippen molar-refractivity contribution in [2.24, 2.45) is 11.8 Å². The number of carbonyl (C=O) groups excluding carboxylic acids is 1. The zero-order valence-electron chi connectivity index (χ0n) is 14.0. The smallest absolute Gasteiger partial charge is 0.279 e. The highest BCUT2D eigenvalue weighted by atomic mass is 16.2. The second-order valence-corrected chi connectivity index (χ2v) is 7.40. The molecule has 1 aliphatic carbocycles. The van der Waals surface area contributed by atoms with Crippen LogP contribution in [0.25, 0.3) is 0 Å². The van der Waals surface area contributed by atoms with Gasteiger partial charge in [-0.3, -0.25) is 4.79 Å². The van der Waals surface area contributed by atoms with Crippen molar-refractivity contribution in [1.82, 2.24) is 0 Å². The second kappa shape index (κ2) is 6.82. The summed E-state index contributed by atoms with van der Waals surface area (Å²) in [7, 11) is 0. The number of hydrogen-bond acceptors (Lipinski definition) is 1. The molecule has 2 aliphatic rings. The Morgan fingerprint density at radius 3 is 2.50 bits per heavy atom. The number of piperidine rings is 1. The van der Waals surface area contributed by atoms with E-state index >= 15 is 0 Å². The van der Waals surface area contributed by atoms with Crippen molar-refractivity contribution in [3.63, 3.8) is 0 Å². The molecule has 0 radical (unpaired) electrons. The average Bonchev–Trinajstić information content (AvgIpc) is 2.45. The van der Waals surface area contributed by atoms with Gasteiger partial charge in [-0.05, 0) is 62.3 Å². The molecular formula is C19H29N2O+. The van der Waals surface area contributed by atoms with Crippen molar-refractivity contribution >= 4 is 11.6 Å². The molecule has 1 aromatic rings. The highest BCUT2D eigenvalue weighted by Gasteiger charge is 2.34. The maximum atomic E-state index is 12.3. The van der Waals surface area contributed by atoms with E-state index in [1.165, 1.54) is 61.2 Å². The molecule has 120 valence electrons. The lowest BCUT2D eigenvalue weighted by atomic mass is 9.75. The normalized spacial score (nSPS) is 28.0. The number of hydrogen-bond donors (Lipinski definition) is 2. The Bertz CT molecular complexity index is 520. The molecule has 3 rings (SSSR count). The number of benzene rings is 1. The molecule has 1 heterocycles. The van der Waals surface area contributed by atoms with Crippen LogP contribution in [0.5, 0.6) is 0 Å². The van der Waals surface area contributed by atoms with Crippen molar-refractivity contribution in [2.75, 3.05) is 25.0 Å². The molecule has 3 heteroatoms. The monoisotopic (exact) mass is 301 g/mol. The molecule has 0 bridgehead atoms. The van der Waals surface area contributed by atoms with Crippen LogP contribution < -0.4 is 10.2 Å². The molecule has 1 unspecified atom stereocenters. The second-order valence-electron chi connectivity index (χ2n) is 7.40. The summed E-state index contributed by atoms with van der Waals surface area (Å²) < 4.78 is 0. The maximum absolute atomic E-state index is 12.3. The molecule has 22 heavy (non-hydrogen) atoms. The fourth-order valence-corrected chi connectivity index (χ4v) is 4.44. The summed E-state index contributed by atoms with van der Waals surface area (Å²) in [5.41, 5.74) is 3.34. The number of aryl methyl sites for hydroxylation is 2. The zero-order chi connectivity index (χ0) is 15.5. The Morgan fingerprint density at radius 1 is 1.09 bits per heavy atom. The van der Waals surface area contributed by atoms with Crippen molar-refractivity contribution < 1.29 is 9.69 Å². The van der Waals surface area contributed by atoms with E-state index < -0.39 is 0 Å². The highest BCUT2D eigenvalue weighted by molar-refractivity contribution is 5.91. The summed E-state index contributed by atoms with van der Waals surface area (Å²) in [6.45, 7) is 7.13. The Hall–Kier alpha value is -1.35. The van der Waals surface area contributed by atoms with Gasteiger partial charge in [-0.25, -0.2) is 0 Å². The molecule has 1 saturated heterocycles. The standard InChI is InChI=1S/C19H28N2O/c1-14-9-15(2)11-18(10-14)20-19(22)13-21-8-7-16-5-3-4-6-17(16)12-21/h9-11,16-17H,3-8,12-13H2,1-2H3,(H,20,22)/p+1/t16-,17+/m0/s1. The summed E-state index contributed by atoms with van der Waals surface area (Å²) in [6.07, 6.45) is 6.93. The molecule has 3 nitrogen and oxygen atoms in total. The molecule has 2 fully saturated rings. The van der Waals surface area contributed by atoms with Crippen molar-refractivity contribution in [2.45, 2.75) is 46.0 Å². The van der Waals surface area contributed by atoms with Gasteiger partial charge in [-0.2, -0.15) is 0 Å². The van der Waals surface area contributed by atoms with Crippen LogP contribution in [0.1, 0.15) is 43.2 Å². The van der Waals surface area contributed by atoms with Gasteiger partial charge in [0.1, 0.15) is 0 Å². The summed E-state index contributed by atoms with van der Waals surface area (Å²) >= 11 is 0. The Balaban J connectivity index is 1.53. The Labute approximate surface area is 134 Å². The SMILES string of the molecule is Cc1cc(C)cc(NC(=O)C[NH+]2CC[C@@H]3CCCC[C@@H]3C2)c1. The highest BCUT2D eigenvalue weighted by Crippen LogP contribution is 2.32. The lowest BCUT2D eigenvalue weighted by molar-refractivity contribution is -0.902. The minimum Gasteiger partial charge on any atom is -0.327 e. The number of carbonyl (C=O) groups is 1. The van der Waals surface area contributed by atoms with Crippen LogP contribution in [0.4, 0.5) is 5.69 Å². The first-order valence-corrected chi connectivity index (χ1v) is 8.82. The first-order valence-electron chi connectivity index (χ1n) is 8.82. The largest absolute Gasteiger partial charge is 0.327 e. The summed E-state index contributed by atoms with van der Waals surface area (Å²) in [5.74, 6) is 1.97. The third-order valence-electron chi connectivity index (χ3n) is 5.40. The van der Waals surface area contributed by atoms with E-state index in [4.69, 9.17) is 0 Å². The van der Waals surface area contributed by atoms with Gasteiger partial charge < -0.3 is 10.2 Å². The summed E-state index contributed by atoms with van der Waals surface area (Å²) in [6, 6.07) is 6.23. The third-order valence-corrected chi connectivity index (χ3v) is 5.40. The van der Waals surface area contributed by atoms with Gasteiger partial charge in [0.05, 0.1) is 13.1 Å². The summed E-state index contributed by atoms with van der Waals surface area (Å²) in [5, 5.41) is 3.08. The van der Waals surface area contributed by atoms with E-state index in [1.807, 2.05) is 12.1 Å². The number of anilines is 1. The quantitative estimate of drug-likeness (QED) is 0.883. The molecule has 0 spiro atoms. The van der Waals surface area contributed by atoms with Crippen LogP contribution >= 0.6 is 0 Å². The van der Waals surface area contributed by atoms with E-state index in [2.05, 4.69) is 25.2 Å². The van der Waals surface area contributed by atoms with Crippen LogP contribution in [-0.2, 0) is 4.79 Å². The minimum atomic E-state index is 0.161. The van der Waals surface area contributed by atoms with Crippen LogP contribution in [-0.4, -0.2) is 25.5 Å². The van der Waals surface area contributed by atoms with Crippen LogP contribution in [0.3, 0.4) is 0 Å². The van der Waals surface area contributed by atoms with Crippen molar-refractivity contribution in [3.8, 4) is 0 Å². The molecule has 0 aromatic heterocycles. The van der Waals surface area contributed by atoms with Crippen molar-refractivity contribution in [3.05, 3.63) is 29.3 Å². The maximum Gasteiger partial charge on any atom is 0.279 e. The fraction of sp³-hybridized carbons (Fsp3) is 0.632. The van der Waals surface area contributed by atoms with E-state index in [0.717, 1.165) is 17.5 Å². The predicted octanol–water partition coefficient (Wildman–Crippen LogP) is 2.34. The third kappa shape index (κ3) is 3.89. The number of fused-ring (bicyclic) bond motifs is 1. The lowest BCUT2D eigenvalue weighted by Crippen LogP contribution is -3.15. The van der Waals surface area contributed by atoms with E-state index in [0.29, 0.717) is 6.54 Å². The van der Waals surface area contributed by atoms with Crippen molar-refractivity contribution in [1.29, 1.82) is 0 Å².